The van der Waals surface area contributed by atoms with E-state index in [2.05, 4.69) is 11.9 Å². The number of fused-ring (bicyclic) bond motifs is 1. The van der Waals surface area contributed by atoms with Crippen LogP contribution < -0.4 is 10.1 Å². The largest absolute Gasteiger partial charge is 0.492 e. The second kappa shape index (κ2) is 8.06. The second-order valence-corrected chi connectivity index (χ2v) is 6.38. The number of carbonyl (C=O) groups excluding carboxylic acids is 2. The molecule has 1 heterocycles. The van der Waals surface area contributed by atoms with Crippen LogP contribution in [0.5, 0.6) is 5.75 Å². The summed E-state index contributed by atoms with van der Waals surface area (Å²) in [6, 6.07) is 12.6. The van der Waals surface area contributed by atoms with Crippen LogP contribution in [0.1, 0.15) is 21.5 Å². The van der Waals surface area contributed by atoms with E-state index in [4.69, 9.17) is 16.3 Å². The summed E-state index contributed by atoms with van der Waals surface area (Å²) < 4.78 is 5.55. The molecule has 2 amide bonds. The summed E-state index contributed by atoms with van der Waals surface area (Å²) >= 11 is 5.82. The Balaban J connectivity index is 1.51. The molecule has 0 aromatic heterocycles. The van der Waals surface area contributed by atoms with Crippen LogP contribution in [0, 0.1) is 0 Å². The van der Waals surface area contributed by atoms with Crippen molar-refractivity contribution in [3.8, 4) is 5.75 Å². The van der Waals surface area contributed by atoms with E-state index >= 15 is 0 Å². The predicted molar refractivity (Wildman–Crippen MR) is 100 cm³/mol. The minimum Gasteiger partial charge on any atom is -0.492 e. The molecular formula is C20H19ClN2O3. The lowest BCUT2D eigenvalue weighted by molar-refractivity contribution is -0.126. The fourth-order valence-electron chi connectivity index (χ4n) is 2.79. The van der Waals surface area contributed by atoms with Crippen LogP contribution in [0.3, 0.4) is 0 Å². The number of hydrogen-bond donors (Lipinski definition) is 1. The zero-order valence-corrected chi connectivity index (χ0v) is 15.0. The van der Waals surface area contributed by atoms with Gasteiger partial charge in [0.1, 0.15) is 12.4 Å². The van der Waals surface area contributed by atoms with E-state index in [1.165, 1.54) is 6.08 Å². The van der Waals surface area contributed by atoms with Crippen LogP contribution in [0.4, 0.5) is 0 Å². The van der Waals surface area contributed by atoms with E-state index in [9.17, 15) is 9.59 Å². The summed E-state index contributed by atoms with van der Waals surface area (Å²) in [5, 5.41) is 3.48. The summed E-state index contributed by atoms with van der Waals surface area (Å²) in [7, 11) is 0. The highest BCUT2D eigenvalue weighted by Crippen LogP contribution is 2.24. The number of carbonyl (C=O) groups is 2. The van der Waals surface area contributed by atoms with Crippen LogP contribution in [0.15, 0.2) is 55.1 Å². The number of rotatable bonds is 6. The minimum absolute atomic E-state index is 0.105. The molecule has 134 valence electrons. The van der Waals surface area contributed by atoms with Crippen molar-refractivity contribution in [1.29, 1.82) is 0 Å². The standard InChI is InChI=1S/C20H19ClN2O3/c1-2-19(24)23-12-15-4-3-14(11-16(15)13-23)20(25)22-9-10-26-18-7-5-17(21)6-8-18/h2-8,11H,1,9-10,12-13H2,(H,22,25). The molecule has 2 aromatic carbocycles. The lowest BCUT2D eigenvalue weighted by Gasteiger charge is -2.11. The van der Waals surface area contributed by atoms with Crippen molar-refractivity contribution in [1.82, 2.24) is 10.2 Å². The van der Waals surface area contributed by atoms with E-state index in [0.717, 1.165) is 11.1 Å². The van der Waals surface area contributed by atoms with Gasteiger partial charge in [-0.15, -0.1) is 0 Å². The maximum Gasteiger partial charge on any atom is 0.251 e. The Morgan fingerprint density at radius 1 is 1.15 bits per heavy atom. The molecule has 0 radical (unpaired) electrons. The predicted octanol–water partition coefficient (Wildman–Crippen LogP) is 3.18. The van der Waals surface area contributed by atoms with Crippen LogP contribution in [-0.4, -0.2) is 29.9 Å². The van der Waals surface area contributed by atoms with E-state index < -0.39 is 0 Å². The van der Waals surface area contributed by atoms with Gasteiger partial charge in [-0.1, -0.05) is 24.2 Å². The number of amides is 2. The lowest BCUT2D eigenvalue weighted by atomic mass is 10.1. The van der Waals surface area contributed by atoms with Gasteiger partial charge in [-0.05, 0) is 53.6 Å². The molecule has 0 spiro atoms. The van der Waals surface area contributed by atoms with Crippen LogP contribution in [0.2, 0.25) is 5.02 Å². The van der Waals surface area contributed by atoms with Crippen molar-refractivity contribution in [2.75, 3.05) is 13.2 Å². The molecule has 0 bridgehead atoms. The second-order valence-electron chi connectivity index (χ2n) is 5.94. The topological polar surface area (TPSA) is 58.6 Å². The number of ether oxygens (including phenoxy) is 1. The molecule has 26 heavy (non-hydrogen) atoms. The van der Waals surface area contributed by atoms with E-state index in [0.29, 0.717) is 42.6 Å². The quantitative estimate of drug-likeness (QED) is 0.627. The van der Waals surface area contributed by atoms with Crippen LogP contribution >= 0.6 is 11.6 Å². The van der Waals surface area contributed by atoms with Gasteiger partial charge in [-0.3, -0.25) is 9.59 Å². The van der Waals surface area contributed by atoms with Gasteiger partial charge in [-0.2, -0.15) is 0 Å². The molecule has 2 aromatic rings. The average Bonchev–Trinajstić information content (AvgIpc) is 3.09. The van der Waals surface area contributed by atoms with Crippen LogP contribution in [-0.2, 0) is 17.9 Å². The summed E-state index contributed by atoms with van der Waals surface area (Å²) in [5.41, 5.74) is 2.62. The van der Waals surface area contributed by atoms with Gasteiger partial charge in [-0.25, -0.2) is 0 Å². The number of nitrogens with zero attached hydrogens (tertiary/aromatic N) is 1. The summed E-state index contributed by atoms with van der Waals surface area (Å²) in [4.78, 5) is 25.7. The Morgan fingerprint density at radius 3 is 2.62 bits per heavy atom. The first-order valence-corrected chi connectivity index (χ1v) is 8.64. The maximum absolute atomic E-state index is 12.3. The molecule has 0 fully saturated rings. The average molecular weight is 371 g/mol. The van der Waals surface area contributed by atoms with E-state index in [1.54, 1.807) is 35.2 Å². The highest BCUT2D eigenvalue weighted by atomic mass is 35.5. The fraction of sp³-hybridized carbons (Fsp3) is 0.200. The van der Waals surface area contributed by atoms with E-state index in [1.807, 2.05) is 12.1 Å². The number of nitrogens with one attached hydrogen (secondary N) is 1. The van der Waals surface area contributed by atoms with E-state index in [-0.39, 0.29) is 11.8 Å². The van der Waals surface area contributed by atoms with Gasteiger partial charge in [0.15, 0.2) is 0 Å². The Labute approximate surface area is 157 Å². The Kier molecular flexibility index (Phi) is 5.58. The number of hydrogen-bond acceptors (Lipinski definition) is 3. The Morgan fingerprint density at radius 2 is 1.88 bits per heavy atom. The summed E-state index contributed by atoms with van der Waals surface area (Å²) in [5.74, 6) is 0.431. The molecule has 6 heteroatoms. The highest BCUT2D eigenvalue weighted by Gasteiger charge is 2.22. The maximum atomic E-state index is 12.3. The van der Waals surface area contributed by atoms with Crippen LogP contribution in [0.25, 0.3) is 0 Å². The molecule has 1 N–H and O–H groups in total. The van der Waals surface area contributed by atoms with Crippen molar-refractivity contribution in [2.45, 2.75) is 13.1 Å². The zero-order valence-electron chi connectivity index (χ0n) is 14.2. The zero-order chi connectivity index (χ0) is 18.5. The molecule has 1 aliphatic heterocycles. The Hall–Kier alpha value is -2.79. The van der Waals surface area contributed by atoms with Crippen molar-refractivity contribution >= 4 is 23.4 Å². The molecule has 3 rings (SSSR count). The minimum atomic E-state index is -0.166. The Bertz CT molecular complexity index is 833. The normalized spacial score (nSPS) is 12.4. The van der Waals surface area contributed by atoms with Crippen molar-refractivity contribution in [3.63, 3.8) is 0 Å². The third kappa shape index (κ3) is 4.24. The number of benzene rings is 2. The SMILES string of the molecule is C=CC(=O)N1Cc2ccc(C(=O)NCCOc3ccc(Cl)cc3)cc2C1. The molecule has 1 aliphatic rings. The van der Waals surface area contributed by atoms with Gasteiger partial charge in [0.05, 0.1) is 6.54 Å². The summed E-state index contributed by atoms with van der Waals surface area (Å²) in [6.07, 6.45) is 1.31. The molecular weight excluding hydrogens is 352 g/mol. The fourth-order valence-corrected chi connectivity index (χ4v) is 2.91. The highest BCUT2D eigenvalue weighted by molar-refractivity contribution is 6.30. The molecule has 0 unspecified atom stereocenters. The molecule has 5 nitrogen and oxygen atoms in total. The van der Waals surface area contributed by atoms with Gasteiger partial charge in [0.2, 0.25) is 5.91 Å². The lowest BCUT2D eigenvalue weighted by Crippen LogP contribution is -2.28. The molecule has 0 atom stereocenters. The van der Waals surface area contributed by atoms with Crippen molar-refractivity contribution < 1.29 is 14.3 Å². The smallest absolute Gasteiger partial charge is 0.251 e. The van der Waals surface area contributed by atoms with Gasteiger partial charge in [0, 0.05) is 23.7 Å². The van der Waals surface area contributed by atoms with Crippen molar-refractivity contribution in [3.05, 3.63) is 76.8 Å². The molecule has 0 saturated carbocycles. The molecule has 0 aliphatic carbocycles. The van der Waals surface area contributed by atoms with Crippen molar-refractivity contribution in [2.24, 2.45) is 0 Å². The first kappa shape index (κ1) is 18.0. The third-order valence-corrected chi connectivity index (χ3v) is 4.40. The first-order chi connectivity index (χ1) is 12.6. The van der Waals surface area contributed by atoms with Gasteiger partial charge < -0.3 is 15.0 Å². The monoisotopic (exact) mass is 370 g/mol. The van der Waals surface area contributed by atoms with Gasteiger partial charge >= 0.3 is 0 Å². The summed E-state index contributed by atoms with van der Waals surface area (Å²) in [6.45, 7) is 5.31. The van der Waals surface area contributed by atoms with Gasteiger partial charge in [0.25, 0.3) is 5.91 Å². The third-order valence-electron chi connectivity index (χ3n) is 4.15. The number of halogens is 1. The first-order valence-electron chi connectivity index (χ1n) is 8.26. The molecule has 0 saturated heterocycles.